The Morgan fingerprint density at radius 2 is 1.56 bits per heavy atom. The number of nitrogens with two attached hydrogens (primary N) is 1. The molecule has 0 aromatic heterocycles. The topological polar surface area (TPSA) is 35.2 Å². The Labute approximate surface area is 97.8 Å². The van der Waals surface area contributed by atoms with E-state index in [-0.39, 0.29) is 10.8 Å². The molecule has 1 aromatic rings. The van der Waals surface area contributed by atoms with Crippen LogP contribution in [0.3, 0.4) is 0 Å². The third-order valence-corrected chi connectivity index (χ3v) is 3.96. The fourth-order valence-electron chi connectivity index (χ4n) is 2.64. The Hall–Kier alpha value is -1.02. The summed E-state index contributed by atoms with van der Waals surface area (Å²) in [5.74, 6) is 5.99. The summed E-state index contributed by atoms with van der Waals surface area (Å²) in [5.41, 5.74) is 3.30. The van der Waals surface area contributed by atoms with E-state index < -0.39 is 0 Å². The van der Waals surface area contributed by atoms with Gasteiger partial charge >= 0.3 is 0 Å². The summed E-state index contributed by atoms with van der Waals surface area (Å²) >= 11 is 0. The highest BCUT2D eigenvalue weighted by atomic mass is 16.6. The summed E-state index contributed by atoms with van der Waals surface area (Å²) in [6.45, 7) is 9.21. The fraction of sp³-hybridized carbons (Fsp3) is 0.571. The van der Waals surface area contributed by atoms with E-state index in [1.807, 2.05) is 6.07 Å². The van der Waals surface area contributed by atoms with Crippen LogP contribution in [0.25, 0.3) is 0 Å². The molecule has 16 heavy (non-hydrogen) atoms. The lowest BCUT2D eigenvalue weighted by atomic mass is 9.63. The molecule has 2 rings (SSSR count). The quantitative estimate of drug-likeness (QED) is 0.736. The molecule has 0 heterocycles. The first-order valence-corrected chi connectivity index (χ1v) is 5.88. The minimum absolute atomic E-state index is 0.222. The summed E-state index contributed by atoms with van der Waals surface area (Å²) in [4.78, 5) is 4.84. The smallest absolute Gasteiger partial charge is 0.147 e. The maximum absolute atomic E-state index is 5.24. The number of hydrogen-bond acceptors (Lipinski definition) is 2. The maximum atomic E-state index is 5.24. The molecule has 0 fully saturated rings. The Balaban J connectivity index is 2.60. The predicted molar refractivity (Wildman–Crippen MR) is 66.5 cm³/mol. The molecule has 2 heteroatoms. The number of rotatable bonds is 1. The highest BCUT2D eigenvalue weighted by Crippen LogP contribution is 2.46. The third kappa shape index (κ3) is 1.71. The van der Waals surface area contributed by atoms with Crippen LogP contribution in [0.4, 0.5) is 0 Å². The Bertz CT molecular complexity index is 407. The molecule has 1 aliphatic rings. The first kappa shape index (κ1) is 11.5. The highest BCUT2D eigenvalue weighted by molar-refractivity contribution is 5.45. The number of benzene rings is 1. The second-order valence-corrected chi connectivity index (χ2v) is 6.09. The summed E-state index contributed by atoms with van der Waals surface area (Å²) in [6.07, 6.45) is 2.44. The molecule has 0 amide bonds. The lowest BCUT2D eigenvalue weighted by Gasteiger charge is -2.41. The first-order chi connectivity index (χ1) is 7.37. The molecule has 0 saturated carbocycles. The van der Waals surface area contributed by atoms with Crippen LogP contribution in [0.1, 0.15) is 51.7 Å². The largest absolute Gasteiger partial charge is 0.412 e. The molecule has 88 valence electrons. The second-order valence-electron chi connectivity index (χ2n) is 6.09. The number of hydrogen-bond donors (Lipinski definition) is 1. The summed E-state index contributed by atoms with van der Waals surface area (Å²) in [7, 11) is 0. The molecule has 0 radical (unpaired) electrons. The van der Waals surface area contributed by atoms with E-state index in [4.69, 9.17) is 10.7 Å². The predicted octanol–water partition coefficient (Wildman–Crippen LogP) is 3.29. The van der Waals surface area contributed by atoms with Gasteiger partial charge in [-0.2, -0.15) is 5.90 Å². The molecule has 0 aliphatic heterocycles. The van der Waals surface area contributed by atoms with E-state index in [0.29, 0.717) is 0 Å². The number of fused-ring (bicyclic) bond motifs is 1. The van der Waals surface area contributed by atoms with Gasteiger partial charge in [0, 0.05) is 0 Å². The van der Waals surface area contributed by atoms with Gasteiger partial charge in [0.2, 0.25) is 0 Å². The van der Waals surface area contributed by atoms with Gasteiger partial charge in [0.05, 0.1) is 0 Å². The van der Waals surface area contributed by atoms with Crippen LogP contribution < -0.4 is 10.7 Å². The zero-order valence-corrected chi connectivity index (χ0v) is 10.6. The standard InChI is InChI=1S/C14H21NO/c1-13(2)7-8-14(3,4)12-9-10(16-15)5-6-11(12)13/h5-6,9H,7-8,15H2,1-4H3. The van der Waals surface area contributed by atoms with Gasteiger partial charge in [-0.25, -0.2) is 0 Å². The normalized spacial score (nSPS) is 21.3. The van der Waals surface area contributed by atoms with Crippen LogP contribution >= 0.6 is 0 Å². The molecule has 0 bridgehead atoms. The van der Waals surface area contributed by atoms with Crippen molar-refractivity contribution in [2.45, 2.75) is 51.4 Å². The molecule has 0 unspecified atom stereocenters. The Morgan fingerprint density at radius 3 is 2.12 bits per heavy atom. The van der Waals surface area contributed by atoms with Crippen LogP contribution in [0.5, 0.6) is 5.75 Å². The van der Waals surface area contributed by atoms with Crippen molar-refractivity contribution in [3.05, 3.63) is 29.3 Å². The van der Waals surface area contributed by atoms with Crippen molar-refractivity contribution in [3.63, 3.8) is 0 Å². The van der Waals surface area contributed by atoms with Gasteiger partial charge < -0.3 is 4.84 Å². The highest BCUT2D eigenvalue weighted by Gasteiger charge is 2.36. The van der Waals surface area contributed by atoms with Gasteiger partial charge in [-0.15, -0.1) is 0 Å². The zero-order chi connectivity index (χ0) is 12.0. The maximum Gasteiger partial charge on any atom is 0.147 e. The van der Waals surface area contributed by atoms with Gasteiger partial charge in [0.1, 0.15) is 5.75 Å². The lowest BCUT2D eigenvalue weighted by Crippen LogP contribution is -2.33. The molecule has 2 nitrogen and oxygen atoms in total. The molecule has 2 N–H and O–H groups in total. The summed E-state index contributed by atoms with van der Waals surface area (Å²) in [5, 5.41) is 0. The van der Waals surface area contributed by atoms with Gasteiger partial charge in [0.15, 0.2) is 0 Å². The molecular weight excluding hydrogens is 198 g/mol. The van der Waals surface area contributed by atoms with Crippen molar-refractivity contribution in [3.8, 4) is 5.75 Å². The van der Waals surface area contributed by atoms with Crippen LogP contribution in [0.2, 0.25) is 0 Å². The average molecular weight is 219 g/mol. The molecule has 1 aliphatic carbocycles. The molecule has 0 spiro atoms. The second kappa shape index (κ2) is 3.49. The van der Waals surface area contributed by atoms with E-state index in [0.717, 1.165) is 5.75 Å². The molecule has 0 atom stereocenters. The van der Waals surface area contributed by atoms with Gasteiger partial charge in [-0.1, -0.05) is 33.8 Å². The van der Waals surface area contributed by atoms with E-state index in [9.17, 15) is 0 Å². The van der Waals surface area contributed by atoms with Crippen LogP contribution in [-0.4, -0.2) is 0 Å². The average Bonchev–Trinajstić information content (AvgIpc) is 2.24. The first-order valence-electron chi connectivity index (χ1n) is 5.88. The van der Waals surface area contributed by atoms with E-state index in [1.54, 1.807) is 0 Å². The van der Waals surface area contributed by atoms with Crippen LogP contribution in [-0.2, 0) is 10.8 Å². The molecule has 0 saturated heterocycles. The van der Waals surface area contributed by atoms with Crippen molar-refractivity contribution in [1.29, 1.82) is 0 Å². The molecule has 1 aromatic carbocycles. The molecular formula is C14H21NO. The minimum Gasteiger partial charge on any atom is -0.412 e. The zero-order valence-electron chi connectivity index (χ0n) is 10.6. The van der Waals surface area contributed by atoms with Gasteiger partial charge in [-0.05, 0) is 46.9 Å². The van der Waals surface area contributed by atoms with Crippen molar-refractivity contribution < 1.29 is 4.84 Å². The van der Waals surface area contributed by atoms with Crippen molar-refractivity contribution in [2.24, 2.45) is 5.90 Å². The fourth-order valence-corrected chi connectivity index (χ4v) is 2.64. The summed E-state index contributed by atoms with van der Waals surface area (Å²) < 4.78 is 0. The SMILES string of the molecule is CC1(C)CCC(C)(C)c2cc(ON)ccc21. The van der Waals surface area contributed by atoms with Gasteiger partial charge in [0.25, 0.3) is 0 Å². The lowest BCUT2D eigenvalue weighted by molar-refractivity contribution is 0.316. The van der Waals surface area contributed by atoms with E-state index in [1.165, 1.54) is 24.0 Å². The van der Waals surface area contributed by atoms with E-state index in [2.05, 4.69) is 39.8 Å². The minimum atomic E-state index is 0.222. The van der Waals surface area contributed by atoms with Gasteiger partial charge in [-0.3, -0.25) is 0 Å². The van der Waals surface area contributed by atoms with Crippen LogP contribution in [0, 0.1) is 0 Å². The van der Waals surface area contributed by atoms with E-state index >= 15 is 0 Å². The Morgan fingerprint density at radius 1 is 1.00 bits per heavy atom. The van der Waals surface area contributed by atoms with Crippen molar-refractivity contribution in [1.82, 2.24) is 0 Å². The monoisotopic (exact) mass is 219 g/mol. The van der Waals surface area contributed by atoms with Crippen molar-refractivity contribution >= 4 is 0 Å². The van der Waals surface area contributed by atoms with Crippen molar-refractivity contribution in [2.75, 3.05) is 0 Å². The van der Waals surface area contributed by atoms with Crippen LogP contribution in [0.15, 0.2) is 18.2 Å². The third-order valence-electron chi connectivity index (χ3n) is 3.96. The Kier molecular flexibility index (Phi) is 2.50. The summed E-state index contributed by atoms with van der Waals surface area (Å²) in [6, 6.07) is 6.22.